The van der Waals surface area contributed by atoms with Crippen LogP contribution in [0.2, 0.25) is 0 Å². The molecule has 0 radical (unpaired) electrons. The van der Waals surface area contributed by atoms with Gasteiger partial charge in [-0.25, -0.2) is 9.69 Å². The normalized spacial score (nSPS) is 29.9. The summed E-state index contributed by atoms with van der Waals surface area (Å²) in [6.07, 6.45) is 4.08. The number of hydrogen-bond donors (Lipinski definition) is 0. The summed E-state index contributed by atoms with van der Waals surface area (Å²) in [5, 5.41) is 0. The fraction of sp³-hybridized carbons (Fsp3) is 0.556. The molecule has 2 rings (SSSR count). The van der Waals surface area contributed by atoms with Crippen LogP contribution < -0.4 is 0 Å². The first-order chi connectivity index (χ1) is 6.25. The molecule has 0 aromatic rings. The van der Waals surface area contributed by atoms with E-state index in [1.807, 2.05) is 12.2 Å². The first kappa shape index (κ1) is 8.29. The number of likely N-dealkylation sites (tertiary alicyclic amines) is 1. The van der Waals surface area contributed by atoms with Gasteiger partial charge in [0.1, 0.15) is 0 Å². The van der Waals surface area contributed by atoms with E-state index < -0.39 is 6.09 Å². The Labute approximate surface area is 76.2 Å². The predicted octanol–water partition coefficient (Wildman–Crippen LogP) is 0.930. The van der Waals surface area contributed by atoms with Gasteiger partial charge in [0.25, 0.3) is 0 Å². The maximum Gasteiger partial charge on any atom is 0.417 e. The number of fused-ring (bicyclic) bond motifs is 1. The van der Waals surface area contributed by atoms with Crippen LogP contribution in [0, 0.1) is 5.92 Å². The Morgan fingerprint density at radius 2 is 2.54 bits per heavy atom. The fourth-order valence-electron chi connectivity index (χ4n) is 1.80. The first-order valence-corrected chi connectivity index (χ1v) is 4.42. The zero-order valence-electron chi connectivity index (χ0n) is 7.40. The van der Waals surface area contributed by atoms with E-state index >= 15 is 0 Å². The number of nitrogens with zero attached hydrogens (tertiary/aromatic N) is 1. The second kappa shape index (κ2) is 2.87. The Balaban J connectivity index is 2.05. The molecule has 0 aromatic carbocycles. The highest BCUT2D eigenvalue weighted by atomic mass is 16.6. The minimum absolute atomic E-state index is 0.00408. The van der Waals surface area contributed by atoms with Crippen molar-refractivity contribution in [2.75, 3.05) is 6.61 Å². The van der Waals surface area contributed by atoms with Gasteiger partial charge >= 0.3 is 6.09 Å². The van der Waals surface area contributed by atoms with Crippen LogP contribution in [-0.2, 0) is 9.53 Å². The fourth-order valence-corrected chi connectivity index (χ4v) is 1.80. The molecule has 13 heavy (non-hydrogen) atoms. The van der Waals surface area contributed by atoms with Crippen molar-refractivity contribution in [2.24, 2.45) is 5.92 Å². The molecule has 2 aliphatic rings. The highest BCUT2D eigenvalue weighted by Gasteiger charge is 2.51. The molecule has 2 atom stereocenters. The first-order valence-electron chi connectivity index (χ1n) is 4.42. The van der Waals surface area contributed by atoms with Gasteiger partial charge in [-0.2, -0.15) is 0 Å². The lowest BCUT2D eigenvalue weighted by molar-refractivity contribution is -0.148. The summed E-state index contributed by atoms with van der Waals surface area (Å²) in [5.74, 6) is -0.0992. The van der Waals surface area contributed by atoms with E-state index in [9.17, 15) is 9.59 Å². The van der Waals surface area contributed by atoms with Gasteiger partial charge in [0.2, 0.25) is 5.91 Å². The molecular weight excluding hydrogens is 170 g/mol. The highest BCUT2D eigenvalue weighted by Crippen LogP contribution is 2.35. The molecule has 2 amide bonds. The van der Waals surface area contributed by atoms with Crippen molar-refractivity contribution in [2.45, 2.75) is 19.4 Å². The van der Waals surface area contributed by atoms with Crippen LogP contribution in [0.25, 0.3) is 0 Å². The molecule has 0 N–H and O–H groups in total. The van der Waals surface area contributed by atoms with E-state index in [1.54, 1.807) is 6.92 Å². The third-order valence-corrected chi connectivity index (χ3v) is 2.45. The van der Waals surface area contributed by atoms with Gasteiger partial charge in [-0.05, 0) is 13.3 Å². The number of β-lactam (4-membered cyclic amide) rings is 1. The van der Waals surface area contributed by atoms with E-state index in [0.717, 1.165) is 6.42 Å². The van der Waals surface area contributed by atoms with Gasteiger partial charge < -0.3 is 4.74 Å². The quantitative estimate of drug-likeness (QED) is 0.446. The molecule has 1 heterocycles. The van der Waals surface area contributed by atoms with Crippen molar-refractivity contribution >= 4 is 12.0 Å². The minimum atomic E-state index is -0.514. The zero-order valence-corrected chi connectivity index (χ0v) is 7.40. The zero-order chi connectivity index (χ0) is 9.42. The predicted molar refractivity (Wildman–Crippen MR) is 44.9 cm³/mol. The smallest absolute Gasteiger partial charge is 0.417 e. The SMILES string of the molecule is CCOC(=O)N1C(=O)C2CC=CC21. The summed E-state index contributed by atoms with van der Waals surface area (Å²) in [5.41, 5.74) is 0. The van der Waals surface area contributed by atoms with Crippen molar-refractivity contribution in [3.8, 4) is 0 Å². The van der Waals surface area contributed by atoms with E-state index in [1.165, 1.54) is 4.90 Å². The van der Waals surface area contributed by atoms with Gasteiger partial charge in [0, 0.05) is 0 Å². The van der Waals surface area contributed by atoms with Crippen LogP contribution in [0.3, 0.4) is 0 Å². The standard InChI is InChI=1S/C9H11NO3/c1-2-13-9(12)10-7-5-3-4-6(7)8(10)11/h3,5-7H,2,4H2,1H3. The molecule has 0 spiro atoms. The Hall–Kier alpha value is -1.32. The van der Waals surface area contributed by atoms with Crippen molar-refractivity contribution in [1.29, 1.82) is 0 Å². The number of allylic oxidation sites excluding steroid dienone is 1. The topological polar surface area (TPSA) is 46.6 Å². The van der Waals surface area contributed by atoms with Gasteiger partial charge in [-0.3, -0.25) is 4.79 Å². The monoisotopic (exact) mass is 181 g/mol. The molecule has 0 saturated carbocycles. The molecular formula is C9H11NO3. The van der Waals surface area contributed by atoms with Crippen molar-refractivity contribution < 1.29 is 14.3 Å². The van der Waals surface area contributed by atoms with Crippen LogP contribution in [-0.4, -0.2) is 29.5 Å². The third-order valence-electron chi connectivity index (χ3n) is 2.45. The number of imide groups is 1. The number of carbonyl (C=O) groups excluding carboxylic acids is 2. The number of carbonyl (C=O) groups is 2. The molecule has 70 valence electrons. The Bertz CT molecular complexity index is 285. The Morgan fingerprint density at radius 3 is 3.23 bits per heavy atom. The van der Waals surface area contributed by atoms with E-state index in [4.69, 9.17) is 4.74 Å². The molecule has 1 saturated heterocycles. The lowest BCUT2D eigenvalue weighted by Crippen LogP contribution is -2.60. The highest BCUT2D eigenvalue weighted by molar-refractivity contribution is 6.00. The second-order valence-corrected chi connectivity index (χ2v) is 3.17. The molecule has 2 unspecified atom stereocenters. The molecule has 1 aliphatic carbocycles. The average molecular weight is 181 g/mol. The average Bonchev–Trinajstić information content (AvgIpc) is 2.48. The molecule has 4 heteroatoms. The van der Waals surface area contributed by atoms with Crippen LogP contribution in [0.4, 0.5) is 4.79 Å². The number of hydrogen-bond acceptors (Lipinski definition) is 3. The van der Waals surface area contributed by atoms with Crippen LogP contribution in [0.1, 0.15) is 13.3 Å². The summed E-state index contributed by atoms with van der Waals surface area (Å²) < 4.78 is 4.76. The maximum atomic E-state index is 11.3. The lowest BCUT2D eigenvalue weighted by atomic mass is 9.91. The number of rotatable bonds is 1. The van der Waals surface area contributed by atoms with Crippen molar-refractivity contribution in [1.82, 2.24) is 4.90 Å². The summed E-state index contributed by atoms with van der Waals surface area (Å²) in [6.45, 7) is 2.04. The van der Waals surface area contributed by atoms with E-state index in [0.29, 0.717) is 6.61 Å². The maximum absolute atomic E-state index is 11.3. The van der Waals surface area contributed by atoms with Crippen molar-refractivity contribution in [3.63, 3.8) is 0 Å². The number of amides is 2. The minimum Gasteiger partial charge on any atom is -0.449 e. The van der Waals surface area contributed by atoms with Crippen molar-refractivity contribution in [3.05, 3.63) is 12.2 Å². The number of ether oxygens (including phenoxy) is 1. The summed E-state index contributed by atoms with van der Waals surface area (Å²) in [6, 6.07) is -0.0356. The molecule has 4 nitrogen and oxygen atoms in total. The molecule has 0 bridgehead atoms. The van der Waals surface area contributed by atoms with Gasteiger partial charge in [0.05, 0.1) is 18.6 Å². The van der Waals surface area contributed by atoms with Crippen LogP contribution in [0.15, 0.2) is 12.2 Å². The van der Waals surface area contributed by atoms with Crippen LogP contribution >= 0.6 is 0 Å². The van der Waals surface area contributed by atoms with Gasteiger partial charge in [-0.15, -0.1) is 0 Å². The molecule has 1 fully saturated rings. The van der Waals surface area contributed by atoms with E-state index in [-0.39, 0.29) is 17.9 Å². The van der Waals surface area contributed by atoms with Gasteiger partial charge in [-0.1, -0.05) is 12.2 Å². The molecule has 1 aliphatic heterocycles. The lowest BCUT2D eigenvalue weighted by Gasteiger charge is -2.40. The summed E-state index contributed by atoms with van der Waals surface area (Å²) >= 11 is 0. The van der Waals surface area contributed by atoms with Crippen LogP contribution in [0.5, 0.6) is 0 Å². The second-order valence-electron chi connectivity index (χ2n) is 3.17. The van der Waals surface area contributed by atoms with E-state index in [2.05, 4.69) is 0 Å². The third kappa shape index (κ3) is 1.05. The summed E-state index contributed by atoms with van der Waals surface area (Å²) in [7, 11) is 0. The van der Waals surface area contributed by atoms with Gasteiger partial charge in [0.15, 0.2) is 0 Å². The molecule has 0 aromatic heterocycles. The Morgan fingerprint density at radius 1 is 1.77 bits per heavy atom. The summed E-state index contributed by atoms with van der Waals surface area (Å²) in [4.78, 5) is 23.8. The Kier molecular flexibility index (Phi) is 1.83. The largest absolute Gasteiger partial charge is 0.449 e.